The average Bonchev–Trinajstić information content (AvgIpc) is 2.89. The lowest BCUT2D eigenvalue weighted by Crippen LogP contribution is -2.27. The fraction of sp³-hybridized carbons (Fsp3) is 0.138. The van der Waals surface area contributed by atoms with Gasteiger partial charge in [-0.05, 0) is 36.2 Å². The van der Waals surface area contributed by atoms with Gasteiger partial charge in [-0.15, -0.1) is 0 Å². The van der Waals surface area contributed by atoms with Gasteiger partial charge in [-0.3, -0.25) is 19.3 Å². The van der Waals surface area contributed by atoms with E-state index >= 15 is 0 Å². The number of carbonyl (C=O) groups excluding carboxylic acids is 2. The number of nitrogens with zero attached hydrogens (tertiary/aromatic N) is 1. The maximum Gasteiger partial charge on any atom is 0.304 e. The minimum absolute atomic E-state index is 0.115. The lowest BCUT2D eigenvalue weighted by Gasteiger charge is -2.24. The first-order valence-electron chi connectivity index (χ1n) is 11.7. The van der Waals surface area contributed by atoms with Crippen LogP contribution in [0.4, 0.5) is 16.2 Å². The molecule has 7 nitrogen and oxygen atoms in total. The highest BCUT2D eigenvalue weighted by molar-refractivity contribution is 8.13. The van der Waals surface area contributed by atoms with Crippen molar-refractivity contribution in [1.82, 2.24) is 0 Å². The molecule has 188 valence electrons. The predicted octanol–water partition coefficient (Wildman–Crippen LogP) is 6.44. The van der Waals surface area contributed by atoms with Crippen molar-refractivity contribution < 1.29 is 24.6 Å². The second-order valence-corrected chi connectivity index (χ2v) is 9.48. The largest absolute Gasteiger partial charge is 0.506 e. The molecule has 0 aromatic heterocycles. The number of carboxylic acid groups (broad SMARTS) is 1. The third kappa shape index (κ3) is 6.10. The zero-order valence-electron chi connectivity index (χ0n) is 20.2. The number of hydrogen-bond donors (Lipinski definition) is 3. The molecular weight excluding hydrogens is 488 g/mol. The van der Waals surface area contributed by atoms with E-state index in [0.717, 1.165) is 22.9 Å². The number of fused-ring (bicyclic) bond motifs is 1. The molecule has 2 amide bonds. The van der Waals surface area contributed by atoms with Crippen molar-refractivity contribution in [2.75, 3.05) is 16.0 Å². The first-order valence-corrected chi connectivity index (χ1v) is 12.7. The summed E-state index contributed by atoms with van der Waals surface area (Å²) in [7, 11) is 0. The Morgan fingerprint density at radius 3 is 2.32 bits per heavy atom. The van der Waals surface area contributed by atoms with Crippen molar-refractivity contribution >= 4 is 51.0 Å². The quantitative estimate of drug-likeness (QED) is 0.250. The van der Waals surface area contributed by atoms with Gasteiger partial charge in [0.25, 0.3) is 11.1 Å². The van der Waals surface area contributed by atoms with E-state index < -0.39 is 11.9 Å². The molecule has 0 heterocycles. The summed E-state index contributed by atoms with van der Waals surface area (Å²) in [5, 5.41) is 23.6. The highest BCUT2D eigenvalue weighted by atomic mass is 32.2. The number of anilines is 2. The Hall–Kier alpha value is -4.30. The van der Waals surface area contributed by atoms with Crippen LogP contribution in [0.2, 0.25) is 0 Å². The topological polar surface area (TPSA) is 107 Å². The normalized spacial score (nSPS) is 10.7. The Morgan fingerprint density at radius 2 is 1.59 bits per heavy atom. The Labute approximate surface area is 218 Å². The summed E-state index contributed by atoms with van der Waals surface area (Å²) in [5.74, 6) is -1.46. The Bertz CT molecular complexity index is 1460. The number of amides is 2. The van der Waals surface area contributed by atoms with Crippen molar-refractivity contribution in [3.05, 3.63) is 102 Å². The summed E-state index contributed by atoms with van der Waals surface area (Å²) in [4.78, 5) is 38.7. The number of phenolic OH excluding ortho intramolecular Hbond substituents is 1. The predicted molar refractivity (Wildman–Crippen MR) is 147 cm³/mol. The summed E-state index contributed by atoms with van der Waals surface area (Å²) in [6.07, 6.45) is -0.134. The van der Waals surface area contributed by atoms with E-state index in [4.69, 9.17) is 5.11 Å². The fourth-order valence-corrected chi connectivity index (χ4v) is 4.73. The Balaban J connectivity index is 1.70. The summed E-state index contributed by atoms with van der Waals surface area (Å²) in [6.45, 7) is 2.14. The molecule has 0 saturated heterocycles. The number of thioether (sulfide) groups is 1. The fourth-order valence-electron chi connectivity index (χ4n) is 3.96. The van der Waals surface area contributed by atoms with E-state index in [0.29, 0.717) is 22.1 Å². The van der Waals surface area contributed by atoms with E-state index in [1.165, 1.54) is 6.07 Å². The number of aliphatic carboxylic acids is 1. The molecule has 0 saturated carbocycles. The zero-order valence-corrected chi connectivity index (χ0v) is 21.0. The zero-order chi connectivity index (χ0) is 26.4. The van der Waals surface area contributed by atoms with Crippen molar-refractivity contribution in [3.8, 4) is 5.75 Å². The first-order chi connectivity index (χ1) is 17.8. The van der Waals surface area contributed by atoms with Gasteiger partial charge in [0.15, 0.2) is 0 Å². The Kier molecular flexibility index (Phi) is 8.10. The van der Waals surface area contributed by atoms with Crippen LogP contribution in [0.15, 0.2) is 84.9 Å². The molecule has 0 aliphatic heterocycles. The van der Waals surface area contributed by atoms with Crippen LogP contribution in [-0.4, -0.2) is 33.1 Å². The summed E-state index contributed by atoms with van der Waals surface area (Å²) in [5.41, 5.74) is 3.11. The molecule has 4 aromatic rings. The number of carbonyl (C=O) groups is 3. The van der Waals surface area contributed by atoms with Gasteiger partial charge in [-0.2, -0.15) is 0 Å². The lowest BCUT2D eigenvalue weighted by molar-refractivity contribution is -0.136. The smallest absolute Gasteiger partial charge is 0.304 e. The van der Waals surface area contributed by atoms with E-state index in [2.05, 4.69) is 5.32 Å². The second-order valence-electron chi connectivity index (χ2n) is 8.43. The van der Waals surface area contributed by atoms with Crippen LogP contribution in [0, 0.1) is 6.92 Å². The summed E-state index contributed by atoms with van der Waals surface area (Å²) >= 11 is 0.930. The van der Waals surface area contributed by atoms with Gasteiger partial charge in [0.2, 0.25) is 0 Å². The van der Waals surface area contributed by atoms with Gasteiger partial charge in [0.05, 0.1) is 24.2 Å². The number of aryl methyl sites for hydroxylation is 1. The van der Waals surface area contributed by atoms with Crippen molar-refractivity contribution in [2.24, 2.45) is 0 Å². The van der Waals surface area contributed by atoms with Crippen LogP contribution in [0.1, 0.15) is 27.9 Å². The number of hydrogen-bond acceptors (Lipinski definition) is 5. The van der Waals surface area contributed by atoms with Crippen molar-refractivity contribution in [1.29, 1.82) is 0 Å². The van der Waals surface area contributed by atoms with E-state index in [-0.39, 0.29) is 35.3 Å². The SMILES string of the molecule is Cc1ccccc1NC(=O)c1ccc2c(N(Cc3ccccc3)C(=O)SCCC(=O)O)cccc2c1O. The molecule has 0 radical (unpaired) electrons. The minimum atomic E-state index is -0.971. The monoisotopic (exact) mass is 514 g/mol. The molecule has 0 spiro atoms. The molecule has 37 heavy (non-hydrogen) atoms. The van der Waals surface area contributed by atoms with Crippen LogP contribution in [-0.2, 0) is 11.3 Å². The van der Waals surface area contributed by atoms with Crippen LogP contribution in [0.5, 0.6) is 5.75 Å². The molecular formula is C29H26N2O5S. The van der Waals surface area contributed by atoms with Gasteiger partial charge >= 0.3 is 5.97 Å². The number of rotatable bonds is 8. The number of carboxylic acids is 1. The highest BCUT2D eigenvalue weighted by Gasteiger charge is 2.22. The van der Waals surface area contributed by atoms with Gasteiger partial charge in [-0.1, -0.05) is 78.5 Å². The van der Waals surface area contributed by atoms with Gasteiger partial charge < -0.3 is 15.5 Å². The van der Waals surface area contributed by atoms with Crippen LogP contribution in [0.3, 0.4) is 0 Å². The standard InChI is InChI=1S/C29H26N2O5S/c1-19-8-5-6-12-24(19)30-28(35)23-15-14-21-22(27(23)34)11-7-13-25(21)31(18-20-9-3-2-4-10-20)29(36)37-17-16-26(32)33/h2-15,34H,16-18H2,1H3,(H,30,35)(H,32,33). The molecule has 0 fully saturated rings. The number of benzene rings is 4. The van der Waals surface area contributed by atoms with Crippen molar-refractivity contribution in [3.63, 3.8) is 0 Å². The number of phenols is 1. The summed E-state index contributed by atoms with van der Waals surface area (Å²) in [6, 6.07) is 25.3. The van der Waals surface area contributed by atoms with Gasteiger partial charge in [0.1, 0.15) is 5.75 Å². The van der Waals surface area contributed by atoms with Gasteiger partial charge in [0, 0.05) is 22.2 Å². The first kappa shape index (κ1) is 25.8. The maximum absolute atomic E-state index is 13.2. The molecule has 0 atom stereocenters. The highest BCUT2D eigenvalue weighted by Crippen LogP contribution is 2.37. The molecule has 4 rings (SSSR count). The molecule has 4 aromatic carbocycles. The third-order valence-electron chi connectivity index (χ3n) is 5.88. The number of nitrogens with one attached hydrogen (secondary N) is 1. The minimum Gasteiger partial charge on any atom is -0.506 e. The average molecular weight is 515 g/mol. The van der Waals surface area contributed by atoms with Gasteiger partial charge in [-0.25, -0.2) is 0 Å². The number of para-hydroxylation sites is 1. The molecule has 0 unspecified atom stereocenters. The van der Waals surface area contributed by atoms with Crippen LogP contribution < -0.4 is 10.2 Å². The number of aromatic hydroxyl groups is 1. The molecule has 8 heteroatoms. The van der Waals surface area contributed by atoms with Crippen LogP contribution in [0.25, 0.3) is 10.8 Å². The Morgan fingerprint density at radius 1 is 0.865 bits per heavy atom. The van der Waals surface area contributed by atoms with E-state index in [1.54, 1.807) is 35.2 Å². The lowest BCUT2D eigenvalue weighted by atomic mass is 10.0. The maximum atomic E-state index is 13.2. The summed E-state index contributed by atoms with van der Waals surface area (Å²) < 4.78 is 0. The van der Waals surface area contributed by atoms with Crippen molar-refractivity contribution in [2.45, 2.75) is 19.9 Å². The van der Waals surface area contributed by atoms with E-state index in [9.17, 15) is 19.5 Å². The second kappa shape index (κ2) is 11.6. The molecule has 0 aliphatic rings. The van der Waals surface area contributed by atoms with E-state index in [1.807, 2.05) is 55.5 Å². The third-order valence-corrected chi connectivity index (χ3v) is 6.76. The molecule has 3 N–H and O–H groups in total. The molecule has 0 bridgehead atoms. The molecule has 0 aliphatic carbocycles. The van der Waals surface area contributed by atoms with Crippen LogP contribution >= 0.6 is 11.8 Å².